The Hall–Kier alpha value is -2.47. The summed E-state index contributed by atoms with van der Waals surface area (Å²) in [6, 6.07) is 7.90. The van der Waals surface area contributed by atoms with Gasteiger partial charge >= 0.3 is 0 Å². The molecule has 0 aliphatic heterocycles. The minimum absolute atomic E-state index is 0.0885. The van der Waals surface area contributed by atoms with Gasteiger partial charge in [0.15, 0.2) is 5.13 Å². The number of carbonyl (C=O) groups excluding carboxylic acids is 1. The van der Waals surface area contributed by atoms with Crippen LogP contribution in [0.2, 0.25) is 0 Å². The Morgan fingerprint density at radius 1 is 1.18 bits per heavy atom. The molecule has 1 saturated carbocycles. The van der Waals surface area contributed by atoms with E-state index in [9.17, 15) is 4.79 Å². The molecule has 1 fully saturated rings. The molecule has 0 bridgehead atoms. The summed E-state index contributed by atoms with van der Waals surface area (Å²) in [5.41, 5.74) is 3.04. The molecule has 6 heteroatoms. The Bertz CT molecular complexity index is 965. The lowest BCUT2D eigenvalue weighted by atomic mass is 9.88. The topological polar surface area (TPSA) is 55.3 Å². The monoisotopic (exact) mass is 395 g/mol. The third kappa shape index (κ3) is 3.74. The van der Waals surface area contributed by atoms with Crippen molar-refractivity contribution in [1.82, 2.24) is 9.97 Å². The Labute approximate surface area is 169 Å². The summed E-state index contributed by atoms with van der Waals surface area (Å²) in [6.07, 6.45) is 8.97. The number of hydrogen-bond donors (Lipinski definition) is 0. The van der Waals surface area contributed by atoms with Gasteiger partial charge in [0, 0.05) is 18.3 Å². The first-order valence-corrected chi connectivity index (χ1v) is 10.6. The maximum atomic E-state index is 13.5. The van der Waals surface area contributed by atoms with E-state index in [1.54, 1.807) is 30.8 Å². The number of ether oxygens (including phenoxy) is 1. The third-order valence-electron chi connectivity index (χ3n) is 5.45. The standard InChI is InChI=1S/C22H25N3O2S/c1-15-8-9-18(27-2)19-20(15)28-22(24-19)25(14-16-10-12-23-13-11-16)21(26)17-6-4-3-5-7-17/h8-13,17H,3-7,14H2,1-2H3. The second kappa shape index (κ2) is 8.27. The zero-order valence-corrected chi connectivity index (χ0v) is 17.2. The number of hydrogen-bond acceptors (Lipinski definition) is 5. The number of methoxy groups -OCH3 is 1. The molecule has 1 amide bonds. The Kier molecular flexibility index (Phi) is 5.57. The number of aryl methyl sites for hydroxylation is 1. The van der Waals surface area contributed by atoms with Crippen molar-refractivity contribution in [1.29, 1.82) is 0 Å². The van der Waals surface area contributed by atoms with Crippen LogP contribution in [-0.2, 0) is 11.3 Å². The Balaban J connectivity index is 1.75. The van der Waals surface area contributed by atoms with Crippen LogP contribution >= 0.6 is 11.3 Å². The number of benzene rings is 1. The van der Waals surface area contributed by atoms with Crippen LogP contribution in [0.15, 0.2) is 36.7 Å². The van der Waals surface area contributed by atoms with Gasteiger partial charge in [0.25, 0.3) is 0 Å². The number of anilines is 1. The maximum absolute atomic E-state index is 13.5. The first-order valence-electron chi connectivity index (χ1n) is 9.82. The second-order valence-corrected chi connectivity index (χ2v) is 8.35. The summed E-state index contributed by atoms with van der Waals surface area (Å²) >= 11 is 1.57. The molecular weight excluding hydrogens is 370 g/mol. The largest absolute Gasteiger partial charge is 0.494 e. The summed E-state index contributed by atoms with van der Waals surface area (Å²) in [5, 5.41) is 0.745. The van der Waals surface area contributed by atoms with E-state index in [-0.39, 0.29) is 11.8 Å². The number of aromatic nitrogens is 2. The van der Waals surface area contributed by atoms with Crippen LogP contribution in [0.3, 0.4) is 0 Å². The summed E-state index contributed by atoms with van der Waals surface area (Å²) in [7, 11) is 1.66. The van der Waals surface area contributed by atoms with Crippen molar-refractivity contribution in [3.63, 3.8) is 0 Å². The van der Waals surface area contributed by atoms with Crippen LogP contribution < -0.4 is 9.64 Å². The highest BCUT2D eigenvalue weighted by Gasteiger charge is 2.29. The van der Waals surface area contributed by atoms with Gasteiger partial charge in [-0.25, -0.2) is 4.98 Å². The summed E-state index contributed by atoms with van der Waals surface area (Å²) in [5.74, 6) is 1.02. The molecule has 2 aromatic heterocycles. The lowest BCUT2D eigenvalue weighted by Crippen LogP contribution is -2.36. The predicted octanol–water partition coefficient (Wildman–Crippen LogP) is 5.12. The number of rotatable bonds is 5. The zero-order valence-electron chi connectivity index (χ0n) is 16.4. The van der Waals surface area contributed by atoms with E-state index in [2.05, 4.69) is 11.9 Å². The number of amides is 1. The summed E-state index contributed by atoms with van der Waals surface area (Å²) in [6.45, 7) is 2.58. The molecule has 28 heavy (non-hydrogen) atoms. The third-order valence-corrected chi connectivity index (χ3v) is 6.67. The number of carbonyl (C=O) groups is 1. The molecule has 0 unspecified atom stereocenters. The van der Waals surface area contributed by atoms with Crippen LogP contribution in [0.25, 0.3) is 10.2 Å². The van der Waals surface area contributed by atoms with Gasteiger partial charge in [0.05, 0.1) is 18.4 Å². The normalized spacial score (nSPS) is 14.9. The number of fused-ring (bicyclic) bond motifs is 1. The van der Waals surface area contributed by atoms with Crippen molar-refractivity contribution in [3.05, 3.63) is 47.8 Å². The molecule has 2 heterocycles. The lowest BCUT2D eigenvalue weighted by molar-refractivity contribution is -0.123. The molecule has 0 spiro atoms. The molecule has 4 rings (SSSR count). The first kappa shape index (κ1) is 18.9. The Morgan fingerprint density at radius 2 is 1.93 bits per heavy atom. The molecule has 0 saturated heterocycles. The average molecular weight is 396 g/mol. The minimum atomic E-state index is 0.0885. The highest BCUT2D eigenvalue weighted by molar-refractivity contribution is 7.22. The zero-order chi connectivity index (χ0) is 19.5. The van der Waals surface area contributed by atoms with Gasteiger partial charge in [0.2, 0.25) is 5.91 Å². The van der Waals surface area contributed by atoms with E-state index in [1.807, 2.05) is 29.2 Å². The molecule has 146 valence electrons. The smallest absolute Gasteiger partial charge is 0.232 e. The van der Waals surface area contributed by atoms with Crippen LogP contribution in [0.4, 0.5) is 5.13 Å². The van der Waals surface area contributed by atoms with E-state index >= 15 is 0 Å². The highest BCUT2D eigenvalue weighted by Crippen LogP contribution is 2.38. The van der Waals surface area contributed by atoms with Crippen molar-refractivity contribution in [2.24, 2.45) is 5.92 Å². The van der Waals surface area contributed by atoms with Crippen molar-refractivity contribution in [2.45, 2.75) is 45.6 Å². The molecule has 1 aromatic carbocycles. The molecular formula is C22H25N3O2S. The van der Waals surface area contributed by atoms with Crippen molar-refractivity contribution >= 4 is 32.6 Å². The number of thiazole rings is 1. The molecule has 1 aliphatic carbocycles. The van der Waals surface area contributed by atoms with Gasteiger partial charge < -0.3 is 4.74 Å². The van der Waals surface area contributed by atoms with E-state index in [4.69, 9.17) is 9.72 Å². The van der Waals surface area contributed by atoms with Gasteiger partial charge in [-0.3, -0.25) is 14.7 Å². The van der Waals surface area contributed by atoms with E-state index < -0.39 is 0 Å². The van der Waals surface area contributed by atoms with Crippen LogP contribution in [0, 0.1) is 12.8 Å². The predicted molar refractivity (Wildman–Crippen MR) is 113 cm³/mol. The second-order valence-electron chi connectivity index (χ2n) is 7.37. The fraction of sp³-hybridized carbons (Fsp3) is 0.409. The SMILES string of the molecule is COc1ccc(C)c2sc(N(Cc3ccncc3)C(=O)C3CCCCC3)nc12. The number of pyridine rings is 1. The Morgan fingerprint density at radius 3 is 2.64 bits per heavy atom. The van der Waals surface area contributed by atoms with E-state index in [0.29, 0.717) is 6.54 Å². The number of nitrogens with zero attached hydrogens (tertiary/aromatic N) is 3. The molecule has 3 aromatic rings. The van der Waals surface area contributed by atoms with Gasteiger partial charge in [-0.05, 0) is 49.1 Å². The van der Waals surface area contributed by atoms with Gasteiger partial charge in [-0.2, -0.15) is 0 Å². The minimum Gasteiger partial charge on any atom is -0.494 e. The molecule has 0 N–H and O–H groups in total. The van der Waals surface area contributed by atoms with Crippen molar-refractivity contribution in [2.75, 3.05) is 12.0 Å². The lowest BCUT2D eigenvalue weighted by Gasteiger charge is -2.27. The highest BCUT2D eigenvalue weighted by atomic mass is 32.1. The fourth-order valence-electron chi connectivity index (χ4n) is 3.86. The maximum Gasteiger partial charge on any atom is 0.232 e. The van der Waals surface area contributed by atoms with E-state index in [0.717, 1.165) is 57.9 Å². The van der Waals surface area contributed by atoms with Crippen LogP contribution in [0.5, 0.6) is 5.75 Å². The molecule has 1 aliphatic rings. The van der Waals surface area contributed by atoms with Crippen molar-refractivity contribution in [3.8, 4) is 5.75 Å². The molecule has 0 radical (unpaired) electrons. The van der Waals surface area contributed by atoms with Crippen LogP contribution in [-0.4, -0.2) is 23.0 Å². The molecule has 5 nitrogen and oxygen atoms in total. The molecule has 0 atom stereocenters. The first-order chi connectivity index (χ1) is 13.7. The summed E-state index contributed by atoms with van der Waals surface area (Å²) in [4.78, 5) is 24.3. The van der Waals surface area contributed by atoms with Crippen molar-refractivity contribution < 1.29 is 9.53 Å². The summed E-state index contributed by atoms with van der Waals surface area (Å²) < 4.78 is 6.58. The van der Waals surface area contributed by atoms with Gasteiger partial charge in [0.1, 0.15) is 11.3 Å². The fourth-order valence-corrected chi connectivity index (χ4v) is 4.92. The average Bonchev–Trinajstić information content (AvgIpc) is 3.19. The van der Waals surface area contributed by atoms with E-state index in [1.165, 1.54) is 6.42 Å². The van der Waals surface area contributed by atoms with Gasteiger partial charge in [-0.15, -0.1) is 0 Å². The quantitative estimate of drug-likeness (QED) is 0.601. The van der Waals surface area contributed by atoms with Gasteiger partial charge in [-0.1, -0.05) is 36.7 Å². The van der Waals surface area contributed by atoms with Crippen LogP contribution in [0.1, 0.15) is 43.2 Å².